The molecule has 0 saturated carbocycles. The Balaban J connectivity index is 0.000000217. The topological polar surface area (TPSA) is 37.3 Å². The Morgan fingerprint density at radius 3 is 2.00 bits per heavy atom. The van der Waals surface area contributed by atoms with Gasteiger partial charge in [-0.1, -0.05) is 35.9 Å². The number of carboxylic acid groups (broad SMARTS) is 1. The van der Waals surface area contributed by atoms with Crippen molar-refractivity contribution < 1.29 is 9.90 Å². The van der Waals surface area contributed by atoms with E-state index in [1.165, 1.54) is 11.5 Å². The van der Waals surface area contributed by atoms with E-state index < -0.39 is 5.97 Å². The van der Waals surface area contributed by atoms with Gasteiger partial charge < -0.3 is 5.11 Å². The molecule has 1 N–H and O–H groups in total. The molecule has 12 heavy (non-hydrogen) atoms. The highest BCUT2D eigenvalue weighted by Gasteiger charge is 1.74. The highest BCUT2D eigenvalue weighted by molar-refractivity contribution is 5.85. The van der Waals surface area contributed by atoms with Crippen LogP contribution in [-0.2, 0) is 4.79 Å². The first-order chi connectivity index (χ1) is 5.66. The quantitative estimate of drug-likeness (QED) is 0.589. The fraction of sp³-hybridized carbons (Fsp3) is 0.100. The number of benzene rings is 1. The standard InChI is InChI=1S/C7H8.C3H2O2/c1-7-5-3-2-4-6-7;1-2-3(4)5/h2-6H,1H3;1H,(H,4,5). The van der Waals surface area contributed by atoms with Crippen LogP contribution in [-0.4, -0.2) is 11.1 Å². The van der Waals surface area contributed by atoms with E-state index in [0.717, 1.165) is 0 Å². The molecule has 0 saturated heterocycles. The van der Waals surface area contributed by atoms with E-state index in [9.17, 15) is 0 Å². The zero-order valence-corrected chi connectivity index (χ0v) is 6.82. The summed E-state index contributed by atoms with van der Waals surface area (Å²) in [4.78, 5) is 9.13. The van der Waals surface area contributed by atoms with E-state index >= 15 is 0 Å². The molecule has 0 radical (unpaired) electrons. The molecule has 1 rings (SSSR count). The Kier molecular flexibility index (Phi) is 5.12. The van der Waals surface area contributed by atoms with E-state index in [1.807, 2.05) is 18.2 Å². The van der Waals surface area contributed by atoms with Crippen LogP contribution in [0.2, 0.25) is 0 Å². The van der Waals surface area contributed by atoms with Crippen molar-refractivity contribution in [3.05, 3.63) is 35.9 Å². The summed E-state index contributed by atoms with van der Waals surface area (Å²) in [6, 6.07) is 10.3. The fourth-order valence-corrected chi connectivity index (χ4v) is 0.534. The lowest BCUT2D eigenvalue weighted by atomic mass is 10.2. The van der Waals surface area contributed by atoms with Crippen LogP contribution in [0, 0.1) is 19.3 Å². The van der Waals surface area contributed by atoms with Crippen LogP contribution in [0.5, 0.6) is 0 Å². The van der Waals surface area contributed by atoms with Crippen LogP contribution in [0.3, 0.4) is 0 Å². The largest absolute Gasteiger partial charge is 0.472 e. The molecule has 0 unspecified atom stereocenters. The van der Waals surface area contributed by atoms with Gasteiger partial charge in [0.2, 0.25) is 0 Å². The molecule has 2 heteroatoms. The Hall–Kier alpha value is -1.75. The Bertz CT molecular complexity index is 270. The smallest absolute Gasteiger partial charge is 0.381 e. The molecule has 0 amide bonds. The Labute approximate surface area is 71.9 Å². The summed E-state index contributed by atoms with van der Waals surface area (Å²) in [5.41, 5.74) is 1.32. The number of hydrogen-bond acceptors (Lipinski definition) is 1. The Morgan fingerprint density at radius 1 is 1.42 bits per heavy atom. The van der Waals surface area contributed by atoms with Crippen molar-refractivity contribution in [3.63, 3.8) is 0 Å². The van der Waals surface area contributed by atoms with Crippen molar-refractivity contribution >= 4 is 5.97 Å². The molecule has 62 valence electrons. The summed E-state index contributed by atoms with van der Waals surface area (Å²) in [7, 11) is 0. The van der Waals surface area contributed by atoms with Gasteiger partial charge in [0.1, 0.15) is 0 Å². The second-order valence-electron chi connectivity index (χ2n) is 2.10. The van der Waals surface area contributed by atoms with Gasteiger partial charge in [0.15, 0.2) is 0 Å². The van der Waals surface area contributed by atoms with Gasteiger partial charge in [-0.3, -0.25) is 0 Å². The van der Waals surface area contributed by atoms with Crippen molar-refractivity contribution in [2.24, 2.45) is 0 Å². The van der Waals surface area contributed by atoms with Crippen LogP contribution < -0.4 is 0 Å². The van der Waals surface area contributed by atoms with Crippen molar-refractivity contribution in [1.82, 2.24) is 0 Å². The maximum absolute atomic E-state index is 9.13. The van der Waals surface area contributed by atoms with E-state index in [4.69, 9.17) is 9.90 Å². The highest BCUT2D eigenvalue weighted by atomic mass is 16.4. The maximum Gasteiger partial charge on any atom is 0.381 e. The number of aliphatic carboxylic acids is 1. The summed E-state index contributed by atoms with van der Waals surface area (Å²) in [6.45, 7) is 2.08. The molecule has 2 nitrogen and oxygen atoms in total. The second kappa shape index (κ2) is 5.99. The molecule has 0 heterocycles. The second-order valence-corrected chi connectivity index (χ2v) is 2.10. The normalized spacial score (nSPS) is 7.33. The van der Waals surface area contributed by atoms with Crippen molar-refractivity contribution in [1.29, 1.82) is 0 Å². The van der Waals surface area contributed by atoms with Crippen molar-refractivity contribution in [2.75, 3.05) is 0 Å². The lowest BCUT2D eigenvalue weighted by Crippen LogP contribution is -1.83. The zero-order valence-electron chi connectivity index (χ0n) is 6.82. The van der Waals surface area contributed by atoms with Crippen LogP contribution in [0.1, 0.15) is 5.56 Å². The summed E-state index contributed by atoms with van der Waals surface area (Å²) < 4.78 is 0. The molecule has 0 aliphatic heterocycles. The molecule has 1 aromatic carbocycles. The molecular formula is C10H10O2. The minimum absolute atomic E-state index is 1.22. The molecule has 0 aliphatic carbocycles. The summed E-state index contributed by atoms with van der Waals surface area (Å²) in [5, 5.41) is 7.49. The number of rotatable bonds is 0. The first-order valence-electron chi connectivity index (χ1n) is 3.38. The summed E-state index contributed by atoms with van der Waals surface area (Å²) >= 11 is 0. The number of carbonyl (C=O) groups is 1. The highest BCUT2D eigenvalue weighted by Crippen LogP contribution is 1.92. The zero-order chi connectivity index (χ0) is 9.40. The average molecular weight is 162 g/mol. The first kappa shape index (κ1) is 10.2. The number of carboxylic acids is 1. The minimum atomic E-state index is -1.22. The van der Waals surface area contributed by atoms with E-state index in [-0.39, 0.29) is 0 Å². The van der Waals surface area contributed by atoms with Gasteiger partial charge in [-0.15, -0.1) is 6.42 Å². The van der Waals surface area contributed by atoms with Gasteiger partial charge >= 0.3 is 5.97 Å². The molecule has 0 aromatic heterocycles. The molecule has 1 aromatic rings. The lowest BCUT2D eigenvalue weighted by molar-refractivity contribution is -0.130. The molecule has 0 spiro atoms. The number of terminal acetylenes is 1. The van der Waals surface area contributed by atoms with Crippen LogP contribution in [0.4, 0.5) is 0 Å². The van der Waals surface area contributed by atoms with Gasteiger partial charge in [-0.05, 0) is 6.92 Å². The fourth-order valence-electron chi connectivity index (χ4n) is 0.534. The van der Waals surface area contributed by atoms with E-state index in [0.29, 0.717) is 0 Å². The van der Waals surface area contributed by atoms with Gasteiger partial charge in [-0.25, -0.2) is 4.79 Å². The molecule has 0 bridgehead atoms. The monoisotopic (exact) mass is 162 g/mol. The van der Waals surface area contributed by atoms with E-state index in [2.05, 4.69) is 25.5 Å². The summed E-state index contributed by atoms with van der Waals surface area (Å²) in [5.74, 6) is 0.227. The predicted molar refractivity (Wildman–Crippen MR) is 47.6 cm³/mol. The van der Waals surface area contributed by atoms with Crippen LogP contribution in [0.25, 0.3) is 0 Å². The van der Waals surface area contributed by atoms with Gasteiger partial charge in [-0.2, -0.15) is 0 Å². The third-order valence-corrected chi connectivity index (χ3v) is 1.06. The lowest BCUT2D eigenvalue weighted by Gasteiger charge is -1.82. The third kappa shape index (κ3) is 6.37. The minimum Gasteiger partial charge on any atom is -0.472 e. The third-order valence-electron chi connectivity index (χ3n) is 1.06. The van der Waals surface area contributed by atoms with Crippen molar-refractivity contribution in [2.45, 2.75) is 6.92 Å². The van der Waals surface area contributed by atoms with Crippen molar-refractivity contribution in [3.8, 4) is 12.3 Å². The number of aryl methyl sites for hydroxylation is 1. The van der Waals surface area contributed by atoms with Crippen LogP contribution >= 0.6 is 0 Å². The van der Waals surface area contributed by atoms with Gasteiger partial charge in [0.05, 0.1) is 0 Å². The SMILES string of the molecule is C#CC(=O)O.Cc1ccccc1. The molecule has 0 fully saturated rings. The molecule has 0 aliphatic rings. The van der Waals surface area contributed by atoms with Crippen LogP contribution in [0.15, 0.2) is 30.3 Å². The van der Waals surface area contributed by atoms with Gasteiger partial charge in [0, 0.05) is 5.92 Å². The average Bonchev–Trinajstić information content (AvgIpc) is 2.07. The Morgan fingerprint density at radius 2 is 1.83 bits per heavy atom. The molecular weight excluding hydrogens is 152 g/mol. The van der Waals surface area contributed by atoms with E-state index in [1.54, 1.807) is 0 Å². The summed E-state index contributed by atoms with van der Waals surface area (Å²) in [6.07, 6.45) is 4.32. The maximum atomic E-state index is 9.13. The van der Waals surface area contributed by atoms with Gasteiger partial charge in [0.25, 0.3) is 0 Å². The predicted octanol–water partition coefficient (Wildman–Crippen LogP) is 1.70. The first-order valence-corrected chi connectivity index (χ1v) is 3.38. The number of hydrogen-bond donors (Lipinski definition) is 1. The molecule has 0 atom stereocenters.